The standard InChI is InChI=1S/C22H21NO/c1-17(23-22(24)16-18-8-4-2-5-9-18)19-12-14-21(15-13-19)20-10-6-3-7-11-20/h2-15,17H,16H2,1H3,(H,23,24)/t17-/m1/s1. The van der Waals surface area contributed by atoms with Crippen LogP contribution in [0.15, 0.2) is 84.9 Å². The Balaban J connectivity index is 1.63. The van der Waals surface area contributed by atoms with Crippen molar-refractivity contribution in [1.82, 2.24) is 5.32 Å². The van der Waals surface area contributed by atoms with E-state index in [4.69, 9.17) is 0 Å². The van der Waals surface area contributed by atoms with Crippen LogP contribution in [-0.4, -0.2) is 5.91 Å². The molecule has 1 atom stereocenters. The van der Waals surface area contributed by atoms with Crippen molar-refractivity contribution in [2.45, 2.75) is 19.4 Å². The summed E-state index contributed by atoms with van der Waals surface area (Å²) in [5, 5.41) is 3.06. The summed E-state index contributed by atoms with van der Waals surface area (Å²) in [5.41, 5.74) is 4.52. The Hall–Kier alpha value is -2.87. The van der Waals surface area contributed by atoms with Gasteiger partial charge in [0, 0.05) is 0 Å². The van der Waals surface area contributed by atoms with Crippen molar-refractivity contribution in [3.8, 4) is 11.1 Å². The summed E-state index contributed by atoms with van der Waals surface area (Å²) in [6.45, 7) is 2.01. The molecule has 0 aliphatic carbocycles. The highest BCUT2D eigenvalue weighted by atomic mass is 16.1. The first kappa shape index (κ1) is 16.0. The van der Waals surface area contributed by atoms with E-state index in [9.17, 15) is 4.79 Å². The summed E-state index contributed by atoms with van der Waals surface area (Å²) in [4.78, 5) is 12.2. The van der Waals surface area contributed by atoms with Gasteiger partial charge in [-0.25, -0.2) is 0 Å². The highest BCUT2D eigenvalue weighted by molar-refractivity contribution is 5.79. The molecule has 0 fully saturated rings. The molecule has 0 saturated carbocycles. The minimum atomic E-state index is -0.00830. The van der Waals surface area contributed by atoms with E-state index >= 15 is 0 Å². The Labute approximate surface area is 143 Å². The van der Waals surface area contributed by atoms with Crippen LogP contribution >= 0.6 is 0 Å². The monoisotopic (exact) mass is 315 g/mol. The summed E-state index contributed by atoms with van der Waals surface area (Å²) in [6, 6.07) is 28.4. The second-order valence-electron chi connectivity index (χ2n) is 5.94. The first-order valence-corrected chi connectivity index (χ1v) is 8.21. The van der Waals surface area contributed by atoms with Crippen molar-refractivity contribution < 1.29 is 4.79 Å². The van der Waals surface area contributed by atoms with Crippen molar-refractivity contribution in [2.75, 3.05) is 0 Å². The number of nitrogens with one attached hydrogen (secondary N) is 1. The summed E-state index contributed by atoms with van der Waals surface area (Å²) in [7, 11) is 0. The number of carbonyl (C=O) groups excluding carboxylic acids is 1. The fraction of sp³-hybridized carbons (Fsp3) is 0.136. The largest absolute Gasteiger partial charge is 0.349 e. The van der Waals surface area contributed by atoms with Gasteiger partial charge in [-0.2, -0.15) is 0 Å². The minimum absolute atomic E-state index is 0.00830. The molecule has 0 heterocycles. The zero-order valence-corrected chi connectivity index (χ0v) is 13.8. The molecule has 2 heteroatoms. The Morgan fingerprint density at radius 2 is 1.33 bits per heavy atom. The predicted molar refractivity (Wildman–Crippen MR) is 98.6 cm³/mol. The van der Waals surface area contributed by atoms with Crippen molar-refractivity contribution in [2.24, 2.45) is 0 Å². The van der Waals surface area contributed by atoms with E-state index in [1.165, 1.54) is 11.1 Å². The smallest absolute Gasteiger partial charge is 0.224 e. The van der Waals surface area contributed by atoms with Crippen molar-refractivity contribution in [3.63, 3.8) is 0 Å². The lowest BCUT2D eigenvalue weighted by molar-refractivity contribution is -0.121. The number of hydrogen-bond acceptors (Lipinski definition) is 1. The van der Waals surface area contributed by atoms with E-state index in [0.717, 1.165) is 11.1 Å². The van der Waals surface area contributed by atoms with E-state index in [-0.39, 0.29) is 11.9 Å². The fourth-order valence-electron chi connectivity index (χ4n) is 2.75. The van der Waals surface area contributed by atoms with E-state index in [2.05, 4.69) is 41.7 Å². The normalized spacial score (nSPS) is 11.7. The molecule has 3 rings (SSSR count). The van der Waals surface area contributed by atoms with Gasteiger partial charge >= 0.3 is 0 Å². The topological polar surface area (TPSA) is 29.1 Å². The first-order valence-electron chi connectivity index (χ1n) is 8.21. The molecule has 24 heavy (non-hydrogen) atoms. The number of rotatable bonds is 5. The van der Waals surface area contributed by atoms with Crippen LogP contribution in [-0.2, 0) is 11.2 Å². The number of amides is 1. The third-order valence-corrected chi connectivity index (χ3v) is 4.10. The van der Waals surface area contributed by atoms with Gasteiger partial charge in [-0.15, -0.1) is 0 Å². The molecule has 0 bridgehead atoms. The lowest BCUT2D eigenvalue weighted by atomic mass is 10.0. The zero-order valence-electron chi connectivity index (χ0n) is 13.8. The number of carbonyl (C=O) groups is 1. The average molecular weight is 315 g/mol. The summed E-state index contributed by atoms with van der Waals surface area (Å²) in [6.07, 6.45) is 0.410. The van der Waals surface area contributed by atoms with Crippen LogP contribution in [0.2, 0.25) is 0 Å². The second kappa shape index (κ2) is 7.60. The molecule has 3 aromatic rings. The van der Waals surface area contributed by atoms with Crippen LogP contribution in [0.4, 0.5) is 0 Å². The van der Waals surface area contributed by atoms with Gasteiger partial charge in [0.05, 0.1) is 12.5 Å². The molecule has 0 spiro atoms. The first-order chi connectivity index (χ1) is 11.7. The third-order valence-electron chi connectivity index (χ3n) is 4.10. The van der Waals surface area contributed by atoms with Gasteiger partial charge in [0.25, 0.3) is 0 Å². The zero-order chi connectivity index (χ0) is 16.8. The van der Waals surface area contributed by atoms with Crippen molar-refractivity contribution >= 4 is 5.91 Å². The lowest BCUT2D eigenvalue weighted by Crippen LogP contribution is -2.28. The van der Waals surface area contributed by atoms with Crippen LogP contribution in [0.5, 0.6) is 0 Å². The molecule has 120 valence electrons. The second-order valence-corrected chi connectivity index (χ2v) is 5.94. The molecule has 0 aliphatic heterocycles. The SMILES string of the molecule is C[C@@H](NC(=O)Cc1ccccc1)c1ccc(-c2ccccc2)cc1. The van der Waals surface area contributed by atoms with Gasteiger partial charge in [0.15, 0.2) is 0 Å². The Bertz CT molecular complexity index is 779. The molecular weight excluding hydrogens is 294 g/mol. The molecule has 0 saturated heterocycles. The molecule has 0 unspecified atom stereocenters. The van der Waals surface area contributed by atoms with Crippen molar-refractivity contribution in [1.29, 1.82) is 0 Å². The van der Waals surface area contributed by atoms with E-state index < -0.39 is 0 Å². The summed E-state index contributed by atoms with van der Waals surface area (Å²) >= 11 is 0. The molecule has 1 N–H and O–H groups in total. The van der Waals surface area contributed by atoms with Gasteiger partial charge < -0.3 is 5.32 Å². The maximum absolute atomic E-state index is 12.2. The Morgan fingerprint density at radius 1 is 0.792 bits per heavy atom. The highest BCUT2D eigenvalue weighted by Gasteiger charge is 2.10. The summed E-state index contributed by atoms with van der Waals surface area (Å²) < 4.78 is 0. The minimum Gasteiger partial charge on any atom is -0.349 e. The third kappa shape index (κ3) is 4.11. The molecule has 2 nitrogen and oxygen atoms in total. The number of hydrogen-bond donors (Lipinski definition) is 1. The molecule has 0 aromatic heterocycles. The van der Waals surface area contributed by atoms with Crippen LogP contribution in [0, 0.1) is 0 Å². The van der Waals surface area contributed by atoms with E-state index in [1.54, 1.807) is 0 Å². The average Bonchev–Trinajstić information content (AvgIpc) is 2.63. The molecular formula is C22H21NO. The fourth-order valence-corrected chi connectivity index (χ4v) is 2.75. The Morgan fingerprint density at radius 3 is 1.96 bits per heavy atom. The van der Waals surface area contributed by atoms with Gasteiger partial charge in [0.2, 0.25) is 5.91 Å². The molecule has 1 amide bonds. The number of benzene rings is 3. The molecule has 3 aromatic carbocycles. The molecule has 0 radical (unpaired) electrons. The molecule has 0 aliphatic rings. The maximum Gasteiger partial charge on any atom is 0.224 e. The van der Waals surface area contributed by atoms with Crippen LogP contribution < -0.4 is 5.32 Å². The van der Waals surface area contributed by atoms with E-state index in [1.807, 2.05) is 55.5 Å². The lowest BCUT2D eigenvalue weighted by Gasteiger charge is -2.15. The van der Waals surface area contributed by atoms with Gasteiger partial charge in [-0.3, -0.25) is 4.79 Å². The van der Waals surface area contributed by atoms with Gasteiger partial charge in [0.1, 0.15) is 0 Å². The maximum atomic E-state index is 12.2. The van der Waals surface area contributed by atoms with Crippen LogP contribution in [0.25, 0.3) is 11.1 Å². The van der Waals surface area contributed by atoms with Crippen LogP contribution in [0.3, 0.4) is 0 Å². The predicted octanol–water partition coefficient (Wildman–Crippen LogP) is 4.77. The van der Waals surface area contributed by atoms with Gasteiger partial charge in [-0.1, -0.05) is 84.9 Å². The summed E-state index contributed by atoms with van der Waals surface area (Å²) in [5.74, 6) is 0.0424. The van der Waals surface area contributed by atoms with Crippen LogP contribution in [0.1, 0.15) is 24.1 Å². The van der Waals surface area contributed by atoms with Crippen molar-refractivity contribution in [3.05, 3.63) is 96.1 Å². The van der Waals surface area contributed by atoms with Gasteiger partial charge in [-0.05, 0) is 29.2 Å². The van der Waals surface area contributed by atoms with E-state index in [0.29, 0.717) is 6.42 Å². The highest BCUT2D eigenvalue weighted by Crippen LogP contribution is 2.21. The Kier molecular flexibility index (Phi) is 5.07. The quantitative estimate of drug-likeness (QED) is 0.721.